The summed E-state index contributed by atoms with van der Waals surface area (Å²) in [6.07, 6.45) is 1.77. The largest absolute Gasteiger partial charge is 0.377 e. The zero-order chi connectivity index (χ0) is 12.6. The molecule has 0 bridgehead atoms. The summed E-state index contributed by atoms with van der Waals surface area (Å²) in [5.41, 5.74) is -0.380. The highest BCUT2D eigenvalue weighted by Gasteiger charge is 2.28. The fraction of sp³-hybridized carbons (Fsp3) is 0.455. The van der Waals surface area contributed by atoms with Crippen molar-refractivity contribution in [2.75, 3.05) is 5.32 Å². The molecule has 0 aliphatic heterocycles. The molecule has 0 amide bonds. The fourth-order valence-electron chi connectivity index (χ4n) is 2.04. The summed E-state index contributed by atoms with van der Waals surface area (Å²) in [6.45, 7) is 2.07. The highest BCUT2D eigenvalue weighted by Crippen LogP contribution is 2.33. The topological polar surface area (TPSA) is 55.2 Å². The van der Waals surface area contributed by atoms with Crippen LogP contribution >= 0.6 is 0 Å². The van der Waals surface area contributed by atoms with Crippen molar-refractivity contribution in [2.24, 2.45) is 5.92 Å². The SMILES string of the molecule is CC1CC(Nc2cc(F)c(F)cc2[N+](=O)[O-])C1. The lowest BCUT2D eigenvalue weighted by atomic mass is 9.82. The smallest absolute Gasteiger partial charge is 0.295 e. The molecule has 0 aromatic heterocycles. The van der Waals surface area contributed by atoms with Gasteiger partial charge in [-0.15, -0.1) is 0 Å². The van der Waals surface area contributed by atoms with Crippen LogP contribution < -0.4 is 5.32 Å². The Morgan fingerprint density at radius 2 is 1.94 bits per heavy atom. The van der Waals surface area contributed by atoms with Gasteiger partial charge in [0.05, 0.1) is 11.0 Å². The van der Waals surface area contributed by atoms with E-state index in [1.165, 1.54) is 0 Å². The van der Waals surface area contributed by atoms with E-state index in [0.29, 0.717) is 12.0 Å². The summed E-state index contributed by atoms with van der Waals surface area (Å²) in [5, 5.41) is 13.6. The summed E-state index contributed by atoms with van der Waals surface area (Å²) in [5.74, 6) is -1.72. The van der Waals surface area contributed by atoms with Gasteiger partial charge in [0.15, 0.2) is 11.6 Å². The van der Waals surface area contributed by atoms with Crippen molar-refractivity contribution < 1.29 is 13.7 Å². The fourth-order valence-corrected chi connectivity index (χ4v) is 2.04. The van der Waals surface area contributed by atoms with Gasteiger partial charge in [-0.2, -0.15) is 0 Å². The van der Waals surface area contributed by atoms with E-state index in [2.05, 4.69) is 12.2 Å². The predicted octanol–water partition coefficient (Wildman–Crippen LogP) is 3.08. The van der Waals surface area contributed by atoms with Crippen molar-refractivity contribution in [3.05, 3.63) is 33.9 Å². The maximum atomic E-state index is 13.0. The first-order valence-corrected chi connectivity index (χ1v) is 5.37. The predicted molar refractivity (Wildman–Crippen MR) is 58.8 cm³/mol. The molecule has 0 heterocycles. The monoisotopic (exact) mass is 242 g/mol. The first-order valence-electron chi connectivity index (χ1n) is 5.37. The lowest BCUT2D eigenvalue weighted by molar-refractivity contribution is -0.384. The van der Waals surface area contributed by atoms with Gasteiger partial charge in [-0.3, -0.25) is 10.1 Å². The number of hydrogen-bond donors (Lipinski definition) is 1. The maximum absolute atomic E-state index is 13.0. The van der Waals surface area contributed by atoms with Gasteiger partial charge in [0.1, 0.15) is 5.69 Å². The third kappa shape index (κ3) is 2.35. The second-order valence-corrected chi connectivity index (χ2v) is 4.46. The summed E-state index contributed by atoms with van der Waals surface area (Å²) >= 11 is 0. The summed E-state index contributed by atoms with van der Waals surface area (Å²) in [4.78, 5) is 10.00. The molecule has 4 nitrogen and oxygen atoms in total. The van der Waals surface area contributed by atoms with E-state index < -0.39 is 22.2 Å². The standard InChI is InChI=1S/C11H12F2N2O2/c1-6-2-7(3-6)14-10-4-8(12)9(13)5-11(10)15(16)17/h4-7,14H,2-3H2,1H3. The number of nitro benzene ring substituents is 1. The van der Waals surface area contributed by atoms with Crippen LogP contribution in [0, 0.1) is 27.7 Å². The Morgan fingerprint density at radius 3 is 2.47 bits per heavy atom. The van der Waals surface area contributed by atoms with E-state index in [1.54, 1.807) is 0 Å². The molecule has 1 aromatic carbocycles. The molecule has 2 rings (SSSR count). The van der Waals surface area contributed by atoms with Crippen molar-refractivity contribution in [1.29, 1.82) is 0 Å². The molecule has 0 radical (unpaired) electrons. The average Bonchev–Trinajstić information content (AvgIpc) is 2.20. The number of nitro groups is 1. The lowest BCUT2D eigenvalue weighted by Crippen LogP contribution is -2.34. The van der Waals surface area contributed by atoms with Crippen molar-refractivity contribution in [3.8, 4) is 0 Å². The van der Waals surface area contributed by atoms with Crippen molar-refractivity contribution >= 4 is 11.4 Å². The third-order valence-corrected chi connectivity index (χ3v) is 2.97. The minimum absolute atomic E-state index is 0.0470. The molecule has 0 saturated heterocycles. The summed E-state index contributed by atoms with van der Waals surface area (Å²) in [6, 6.07) is 1.56. The number of rotatable bonds is 3. The van der Waals surface area contributed by atoms with Crippen LogP contribution in [0.1, 0.15) is 19.8 Å². The lowest BCUT2D eigenvalue weighted by Gasteiger charge is -2.33. The zero-order valence-corrected chi connectivity index (χ0v) is 9.24. The Hall–Kier alpha value is -1.72. The first-order chi connectivity index (χ1) is 7.97. The van der Waals surface area contributed by atoms with Crippen LogP contribution in [0.2, 0.25) is 0 Å². The first kappa shape index (κ1) is 11.8. The molecular weight excluding hydrogens is 230 g/mol. The Kier molecular flexibility index (Phi) is 2.95. The van der Waals surface area contributed by atoms with Gasteiger partial charge in [0.25, 0.3) is 5.69 Å². The summed E-state index contributed by atoms with van der Waals surface area (Å²) in [7, 11) is 0. The van der Waals surface area contributed by atoms with Crippen molar-refractivity contribution in [2.45, 2.75) is 25.8 Å². The number of nitrogens with zero attached hydrogens (tertiary/aromatic N) is 1. The number of halogens is 2. The Labute approximate surface area is 96.8 Å². The van der Waals surface area contributed by atoms with Crippen LogP contribution in [0.3, 0.4) is 0 Å². The molecule has 1 N–H and O–H groups in total. The van der Waals surface area contributed by atoms with E-state index in [1.807, 2.05) is 0 Å². The van der Waals surface area contributed by atoms with Crippen molar-refractivity contribution in [1.82, 2.24) is 0 Å². The van der Waals surface area contributed by atoms with Crippen LogP contribution in [-0.4, -0.2) is 11.0 Å². The number of anilines is 1. The van der Waals surface area contributed by atoms with Crippen LogP contribution in [-0.2, 0) is 0 Å². The van der Waals surface area contributed by atoms with Gasteiger partial charge in [-0.1, -0.05) is 6.92 Å². The molecule has 0 unspecified atom stereocenters. The Balaban J connectivity index is 2.25. The van der Waals surface area contributed by atoms with Crippen molar-refractivity contribution in [3.63, 3.8) is 0 Å². The zero-order valence-electron chi connectivity index (χ0n) is 9.24. The third-order valence-electron chi connectivity index (χ3n) is 2.97. The Morgan fingerprint density at radius 1 is 1.35 bits per heavy atom. The second-order valence-electron chi connectivity index (χ2n) is 4.46. The van der Waals surface area contributed by atoms with E-state index in [0.717, 1.165) is 18.9 Å². The minimum Gasteiger partial charge on any atom is -0.377 e. The molecule has 0 atom stereocenters. The minimum atomic E-state index is -1.20. The van der Waals surface area contributed by atoms with Crippen LogP contribution in [0.15, 0.2) is 12.1 Å². The molecule has 1 aromatic rings. The molecule has 1 saturated carbocycles. The molecule has 17 heavy (non-hydrogen) atoms. The quantitative estimate of drug-likeness (QED) is 0.654. The van der Waals surface area contributed by atoms with Gasteiger partial charge in [-0.05, 0) is 18.8 Å². The molecule has 0 spiro atoms. The van der Waals surface area contributed by atoms with E-state index >= 15 is 0 Å². The van der Waals surface area contributed by atoms with Gasteiger partial charge < -0.3 is 5.32 Å². The normalized spacial score (nSPS) is 23.0. The average molecular weight is 242 g/mol. The van der Waals surface area contributed by atoms with Gasteiger partial charge in [0.2, 0.25) is 0 Å². The number of benzene rings is 1. The number of hydrogen-bond acceptors (Lipinski definition) is 3. The second kappa shape index (κ2) is 4.27. The molecular formula is C11H12F2N2O2. The van der Waals surface area contributed by atoms with Crippen LogP contribution in [0.5, 0.6) is 0 Å². The molecule has 92 valence electrons. The summed E-state index contributed by atoms with van der Waals surface area (Å²) < 4.78 is 25.9. The van der Waals surface area contributed by atoms with E-state index in [4.69, 9.17) is 0 Å². The highest BCUT2D eigenvalue weighted by atomic mass is 19.2. The van der Waals surface area contributed by atoms with E-state index in [9.17, 15) is 18.9 Å². The van der Waals surface area contributed by atoms with E-state index in [-0.39, 0.29) is 11.7 Å². The molecule has 1 aliphatic rings. The Bertz CT molecular complexity index is 459. The van der Waals surface area contributed by atoms with Crippen LogP contribution in [0.4, 0.5) is 20.2 Å². The van der Waals surface area contributed by atoms with Gasteiger partial charge in [0, 0.05) is 12.1 Å². The maximum Gasteiger partial charge on any atom is 0.295 e. The van der Waals surface area contributed by atoms with Gasteiger partial charge >= 0.3 is 0 Å². The molecule has 6 heteroatoms. The molecule has 1 fully saturated rings. The van der Waals surface area contributed by atoms with Gasteiger partial charge in [-0.25, -0.2) is 8.78 Å². The highest BCUT2D eigenvalue weighted by molar-refractivity contribution is 5.62. The molecule has 1 aliphatic carbocycles. The van der Waals surface area contributed by atoms with Crippen LogP contribution in [0.25, 0.3) is 0 Å². The number of nitrogens with one attached hydrogen (secondary N) is 1.